The summed E-state index contributed by atoms with van der Waals surface area (Å²) in [5, 5.41) is 17.3. The third-order valence-electron chi connectivity index (χ3n) is 5.24. The van der Waals surface area contributed by atoms with Gasteiger partial charge in [-0.05, 0) is 54.1 Å². The molecule has 0 bridgehead atoms. The van der Waals surface area contributed by atoms with Crippen LogP contribution in [0.15, 0.2) is 65.6 Å². The first-order valence-electron chi connectivity index (χ1n) is 10.4. The molecule has 0 radical (unpaired) electrons. The first-order chi connectivity index (χ1) is 16.4. The van der Waals surface area contributed by atoms with Gasteiger partial charge in [-0.15, -0.1) is 5.10 Å². The van der Waals surface area contributed by atoms with E-state index in [9.17, 15) is 4.79 Å². The number of nitrogens with one attached hydrogen (secondary N) is 4. The summed E-state index contributed by atoms with van der Waals surface area (Å²) in [7, 11) is 4.95. The van der Waals surface area contributed by atoms with Crippen molar-refractivity contribution in [3.63, 3.8) is 0 Å². The summed E-state index contributed by atoms with van der Waals surface area (Å²) in [6, 6.07) is 12.1. The van der Waals surface area contributed by atoms with Crippen molar-refractivity contribution in [3.8, 4) is 11.5 Å². The first-order valence-corrected chi connectivity index (χ1v) is 10.4. The molecule has 0 amide bonds. The van der Waals surface area contributed by atoms with Crippen molar-refractivity contribution >= 4 is 17.3 Å². The van der Waals surface area contributed by atoms with Crippen molar-refractivity contribution in [2.75, 3.05) is 26.6 Å². The summed E-state index contributed by atoms with van der Waals surface area (Å²) < 4.78 is 12.1. The van der Waals surface area contributed by atoms with E-state index in [1.54, 1.807) is 43.5 Å². The van der Waals surface area contributed by atoms with Crippen molar-refractivity contribution in [3.05, 3.63) is 88.3 Å². The van der Waals surface area contributed by atoms with Crippen LogP contribution in [0.1, 0.15) is 23.0 Å². The normalized spacial score (nSPS) is 13.6. The molecule has 0 saturated heterocycles. The molecule has 11 heteroatoms. The molecular weight excluding hydrogens is 436 g/mol. The lowest BCUT2D eigenvalue weighted by molar-refractivity contribution is 0.354. The molecule has 11 nitrogen and oxygen atoms in total. The number of aromatic amines is 1. The summed E-state index contributed by atoms with van der Waals surface area (Å²) in [6.07, 6.45) is 5.39. The number of ether oxygens (including phenoxy) is 2. The summed E-state index contributed by atoms with van der Waals surface area (Å²) in [5.74, 6) is 2.02. The van der Waals surface area contributed by atoms with Gasteiger partial charge < -0.3 is 20.5 Å². The highest BCUT2D eigenvalue weighted by Crippen LogP contribution is 2.33. The van der Waals surface area contributed by atoms with E-state index in [4.69, 9.17) is 20.6 Å². The first kappa shape index (κ1) is 22.5. The van der Waals surface area contributed by atoms with E-state index in [2.05, 4.69) is 20.8 Å². The maximum atomic E-state index is 12.8. The Kier molecular flexibility index (Phi) is 6.26. The minimum Gasteiger partial charge on any atom is -0.493 e. The van der Waals surface area contributed by atoms with Gasteiger partial charge >= 0.3 is 5.69 Å². The van der Waals surface area contributed by atoms with Crippen molar-refractivity contribution in [2.45, 2.75) is 6.04 Å². The van der Waals surface area contributed by atoms with Crippen LogP contribution < -0.4 is 31.6 Å². The molecule has 0 fully saturated rings. The second kappa shape index (κ2) is 9.45. The van der Waals surface area contributed by atoms with Gasteiger partial charge in [-0.25, -0.2) is 4.79 Å². The fourth-order valence-corrected chi connectivity index (χ4v) is 3.52. The Morgan fingerprint density at radius 3 is 2.53 bits per heavy atom. The number of nitrogens with two attached hydrogens (primary N) is 1. The van der Waals surface area contributed by atoms with Crippen molar-refractivity contribution in [1.29, 1.82) is 5.41 Å². The quantitative estimate of drug-likeness (QED) is 0.252. The number of allylic oxidation sites excluding steroid dienone is 2. The van der Waals surface area contributed by atoms with E-state index in [1.807, 2.05) is 43.6 Å². The zero-order chi connectivity index (χ0) is 24.2. The maximum Gasteiger partial charge on any atom is 0.349 e. The Bertz CT molecular complexity index is 1310. The van der Waals surface area contributed by atoms with Crippen LogP contribution in [0.25, 0.3) is 5.82 Å². The molecule has 1 atom stereocenters. The average molecular weight is 463 g/mol. The maximum absolute atomic E-state index is 12.8. The molecule has 2 aromatic carbocycles. The molecule has 176 valence electrons. The molecule has 1 aromatic heterocycles. The number of aromatic nitrogens is 3. The number of hydrazine groups is 1. The number of H-pyrrole nitrogens is 1. The zero-order valence-electron chi connectivity index (χ0n) is 19.0. The molecule has 1 aliphatic rings. The number of hydrogen-bond donors (Lipinski definition) is 5. The van der Waals surface area contributed by atoms with E-state index >= 15 is 0 Å². The molecule has 1 aliphatic heterocycles. The number of hydrogen-bond acceptors (Lipinski definition) is 8. The Morgan fingerprint density at radius 2 is 1.88 bits per heavy atom. The van der Waals surface area contributed by atoms with E-state index < -0.39 is 11.7 Å². The van der Waals surface area contributed by atoms with Crippen LogP contribution in [0, 0.1) is 5.41 Å². The Morgan fingerprint density at radius 1 is 1.15 bits per heavy atom. The Balaban J connectivity index is 1.76. The van der Waals surface area contributed by atoms with Gasteiger partial charge in [-0.2, -0.15) is 4.68 Å². The second-order valence-corrected chi connectivity index (χ2v) is 7.53. The highest BCUT2D eigenvalue weighted by Gasteiger charge is 2.23. The number of nitrogens with zero attached hydrogens (tertiary/aromatic N) is 3. The van der Waals surface area contributed by atoms with Gasteiger partial charge in [-0.1, -0.05) is 6.07 Å². The Labute approximate surface area is 196 Å². The molecule has 1 unspecified atom stereocenters. The highest BCUT2D eigenvalue weighted by molar-refractivity contribution is 5.95. The number of anilines is 1. The molecule has 0 saturated carbocycles. The predicted molar refractivity (Wildman–Crippen MR) is 130 cm³/mol. The Hall–Kier alpha value is -4.67. The summed E-state index contributed by atoms with van der Waals surface area (Å²) in [4.78, 5) is 15.6. The highest BCUT2D eigenvalue weighted by atomic mass is 16.5. The number of amidine groups is 1. The van der Waals surface area contributed by atoms with Gasteiger partial charge in [0, 0.05) is 24.5 Å². The zero-order valence-corrected chi connectivity index (χ0v) is 19.0. The standard InChI is InChI=1S/C23H26N8O3/c1-30-12-4-5-19(28-30)31-23(32)27-22(29-31)20(15-8-11-17(33-2)18(13-15)34-3)26-16-9-6-14(7-10-16)21(24)25/h4-13,20,26,28H,1-3H3,(H3,24,25)(H,27,29,32). The van der Waals surface area contributed by atoms with Gasteiger partial charge in [0.05, 0.1) is 14.2 Å². The smallest absolute Gasteiger partial charge is 0.349 e. The molecule has 2 heterocycles. The number of benzene rings is 2. The third kappa shape index (κ3) is 4.58. The lowest BCUT2D eigenvalue weighted by Gasteiger charge is -2.22. The fourth-order valence-electron chi connectivity index (χ4n) is 3.52. The van der Waals surface area contributed by atoms with Gasteiger partial charge in [0.25, 0.3) is 0 Å². The predicted octanol–water partition coefficient (Wildman–Crippen LogP) is 1.84. The van der Waals surface area contributed by atoms with Crippen LogP contribution in [0.5, 0.6) is 11.5 Å². The molecule has 34 heavy (non-hydrogen) atoms. The van der Waals surface area contributed by atoms with Gasteiger partial charge in [0.2, 0.25) is 0 Å². The molecule has 4 rings (SSSR count). The van der Waals surface area contributed by atoms with Crippen molar-refractivity contribution < 1.29 is 9.47 Å². The van der Waals surface area contributed by atoms with Crippen molar-refractivity contribution in [2.24, 2.45) is 5.73 Å². The van der Waals surface area contributed by atoms with Crippen LogP contribution in [0.4, 0.5) is 5.69 Å². The fraction of sp³-hybridized carbons (Fsp3) is 0.174. The topological polar surface area (TPSA) is 146 Å². The largest absolute Gasteiger partial charge is 0.493 e. The monoisotopic (exact) mass is 462 g/mol. The summed E-state index contributed by atoms with van der Waals surface area (Å²) >= 11 is 0. The minimum atomic E-state index is -0.533. The lowest BCUT2D eigenvalue weighted by Crippen LogP contribution is -2.35. The number of methoxy groups -OCH3 is 2. The van der Waals surface area contributed by atoms with Gasteiger partial charge in [0.15, 0.2) is 23.1 Å². The molecule has 3 aromatic rings. The van der Waals surface area contributed by atoms with Crippen LogP contribution in [0.3, 0.4) is 0 Å². The molecule has 6 N–H and O–H groups in total. The third-order valence-corrected chi connectivity index (χ3v) is 5.24. The van der Waals surface area contributed by atoms with E-state index in [-0.39, 0.29) is 5.84 Å². The molecule has 0 spiro atoms. The summed E-state index contributed by atoms with van der Waals surface area (Å²) in [5.41, 5.74) is 10.4. The van der Waals surface area contributed by atoms with E-state index in [0.717, 1.165) is 11.3 Å². The van der Waals surface area contributed by atoms with E-state index in [1.165, 1.54) is 4.68 Å². The average Bonchev–Trinajstić information content (AvgIpc) is 3.23. The SMILES string of the molecule is COc1ccc(C(Nc2ccc(C(=N)N)cc2)c2nn(C3=CC=CN(C)N3)c(=O)[nH]2)cc1OC. The van der Waals surface area contributed by atoms with Crippen molar-refractivity contribution in [1.82, 2.24) is 25.2 Å². The van der Waals surface area contributed by atoms with Crippen LogP contribution in [-0.4, -0.2) is 46.9 Å². The van der Waals surface area contributed by atoms with Gasteiger partial charge in [-0.3, -0.25) is 20.8 Å². The molecule has 0 aliphatic carbocycles. The van der Waals surface area contributed by atoms with E-state index in [0.29, 0.717) is 28.7 Å². The van der Waals surface area contributed by atoms with Crippen LogP contribution >= 0.6 is 0 Å². The number of rotatable bonds is 8. The van der Waals surface area contributed by atoms with Crippen LogP contribution in [0.2, 0.25) is 0 Å². The number of nitrogen functional groups attached to an aromatic ring is 1. The molecular formula is C23H26N8O3. The minimum absolute atomic E-state index is 0.0154. The van der Waals surface area contributed by atoms with Crippen LogP contribution in [-0.2, 0) is 0 Å². The lowest BCUT2D eigenvalue weighted by atomic mass is 10.0. The van der Waals surface area contributed by atoms with Gasteiger partial charge in [0.1, 0.15) is 11.9 Å². The second-order valence-electron chi connectivity index (χ2n) is 7.53. The summed E-state index contributed by atoms with van der Waals surface area (Å²) in [6.45, 7) is 0.